The van der Waals surface area contributed by atoms with E-state index < -0.39 is 5.60 Å². The van der Waals surface area contributed by atoms with Crippen molar-refractivity contribution in [3.05, 3.63) is 0 Å². The molecule has 3 aliphatic rings. The largest absolute Gasteiger partial charge is 0.390 e. The zero-order valence-electron chi connectivity index (χ0n) is 7.18. The van der Waals surface area contributed by atoms with E-state index in [4.69, 9.17) is 5.73 Å². The number of aliphatic hydroxyl groups is 1. The number of amides is 1. The molecule has 3 aliphatic carbocycles. The SMILES string of the molecule is NC(=O)C12CCC(O)(CC1)CC2. The van der Waals surface area contributed by atoms with Crippen LogP contribution in [-0.4, -0.2) is 16.6 Å². The van der Waals surface area contributed by atoms with Crippen molar-refractivity contribution in [2.45, 2.75) is 44.1 Å². The van der Waals surface area contributed by atoms with Gasteiger partial charge >= 0.3 is 0 Å². The zero-order valence-corrected chi connectivity index (χ0v) is 7.18. The first-order chi connectivity index (χ1) is 5.56. The first-order valence-corrected chi connectivity index (χ1v) is 4.59. The van der Waals surface area contributed by atoms with Gasteiger partial charge in [0, 0.05) is 5.41 Å². The molecule has 3 fully saturated rings. The highest BCUT2D eigenvalue weighted by Gasteiger charge is 2.50. The van der Waals surface area contributed by atoms with Gasteiger partial charge in [0.25, 0.3) is 0 Å². The van der Waals surface area contributed by atoms with E-state index in [1.807, 2.05) is 0 Å². The lowest BCUT2D eigenvalue weighted by atomic mass is 9.58. The van der Waals surface area contributed by atoms with E-state index >= 15 is 0 Å². The number of hydrogen-bond donors (Lipinski definition) is 2. The van der Waals surface area contributed by atoms with E-state index in [9.17, 15) is 9.90 Å². The molecule has 3 heteroatoms. The lowest BCUT2D eigenvalue weighted by Gasteiger charge is -2.49. The van der Waals surface area contributed by atoms with Crippen molar-refractivity contribution in [2.24, 2.45) is 11.1 Å². The predicted octanol–water partition coefficient (Wildman–Crippen LogP) is 0.557. The van der Waals surface area contributed by atoms with Gasteiger partial charge in [0.2, 0.25) is 5.91 Å². The van der Waals surface area contributed by atoms with Crippen LogP contribution in [0.5, 0.6) is 0 Å². The monoisotopic (exact) mass is 169 g/mol. The van der Waals surface area contributed by atoms with Crippen LogP contribution in [0.25, 0.3) is 0 Å². The van der Waals surface area contributed by atoms with Gasteiger partial charge in [0.15, 0.2) is 0 Å². The molecule has 3 N–H and O–H groups in total. The van der Waals surface area contributed by atoms with Crippen LogP contribution in [-0.2, 0) is 4.79 Å². The smallest absolute Gasteiger partial charge is 0.223 e. The summed E-state index contributed by atoms with van der Waals surface area (Å²) in [5.41, 5.74) is 4.64. The highest BCUT2D eigenvalue weighted by molar-refractivity contribution is 5.81. The second-order valence-electron chi connectivity index (χ2n) is 4.37. The Labute approximate surface area is 71.9 Å². The van der Waals surface area contributed by atoms with Crippen LogP contribution in [0.4, 0.5) is 0 Å². The molecule has 0 aromatic heterocycles. The van der Waals surface area contributed by atoms with E-state index in [-0.39, 0.29) is 11.3 Å². The fourth-order valence-electron chi connectivity index (χ4n) is 2.54. The first-order valence-electron chi connectivity index (χ1n) is 4.59. The van der Waals surface area contributed by atoms with Crippen molar-refractivity contribution >= 4 is 5.91 Å². The minimum Gasteiger partial charge on any atom is -0.390 e. The molecule has 0 aromatic rings. The summed E-state index contributed by atoms with van der Waals surface area (Å²) < 4.78 is 0. The summed E-state index contributed by atoms with van der Waals surface area (Å²) in [6.07, 6.45) is 4.65. The molecule has 3 saturated carbocycles. The highest BCUT2D eigenvalue weighted by Crippen LogP contribution is 2.51. The number of rotatable bonds is 1. The van der Waals surface area contributed by atoms with Crippen LogP contribution < -0.4 is 5.73 Å². The third-order valence-electron chi connectivity index (χ3n) is 3.73. The summed E-state index contributed by atoms with van der Waals surface area (Å²) in [6, 6.07) is 0. The lowest BCUT2D eigenvalue weighted by Crippen LogP contribution is -2.51. The molecule has 0 heterocycles. The van der Waals surface area contributed by atoms with Crippen molar-refractivity contribution in [1.82, 2.24) is 0 Å². The number of nitrogens with two attached hydrogens (primary N) is 1. The first kappa shape index (κ1) is 8.05. The van der Waals surface area contributed by atoms with Crippen molar-refractivity contribution < 1.29 is 9.90 Å². The maximum absolute atomic E-state index is 11.2. The van der Waals surface area contributed by atoms with Gasteiger partial charge in [-0.3, -0.25) is 4.79 Å². The fraction of sp³-hybridized carbons (Fsp3) is 0.889. The quantitative estimate of drug-likeness (QED) is 0.602. The summed E-state index contributed by atoms with van der Waals surface area (Å²) >= 11 is 0. The van der Waals surface area contributed by atoms with Crippen molar-refractivity contribution in [3.8, 4) is 0 Å². The number of primary amides is 1. The van der Waals surface area contributed by atoms with Gasteiger partial charge in [-0.25, -0.2) is 0 Å². The standard InChI is InChI=1S/C9H15NO2/c10-7(11)8-1-4-9(12,5-2-8)6-3-8/h12H,1-6H2,(H2,10,11). The molecule has 12 heavy (non-hydrogen) atoms. The van der Waals surface area contributed by atoms with Crippen LogP contribution in [0, 0.1) is 5.41 Å². The average molecular weight is 169 g/mol. The molecule has 2 bridgehead atoms. The summed E-state index contributed by atoms with van der Waals surface area (Å²) in [4.78, 5) is 11.2. The molecule has 1 amide bonds. The van der Waals surface area contributed by atoms with Crippen molar-refractivity contribution in [2.75, 3.05) is 0 Å². The Morgan fingerprint density at radius 1 is 1.08 bits per heavy atom. The average Bonchev–Trinajstić information content (AvgIpc) is 2.06. The maximum Gasteiger partial charge on any atom is 0.223 e. The Bertz CT molecular complexity index is 200. The summed E-state index contributed by atoms with van der Waals surface area (Å²) in [5.74, 6) is -0.163. The molecule has 0 radical (unpaired) electrons. The van der Waals surface area contributed by atoms with E-state index in [2.05, 4.69) is 0 Å². The molecular weight excluding hydrogens is 154 g/mol. The third kappa shape index (κ3) is 0.959. The molecule has 0 spiro atoms. The predicted molar refractivity (Wildman–Crippen MR) is 44.3 cm³/mol. The van der Waals surface area contributed by atoms with Crippen LogP contribution in [0.3, 0.4) is 0 Å². The van der Waals surface area contributed by atoms with Gasteiger partial charge in [0.05, 0.1) is 5.60 Å². The van der Waals surface area contributed by atoms with Crippen LogP contribution in [0.15, 0.2) is 0 Å². The Morgan fingerprint density at radius 2 is 1.50 bits per heavy atom. The molecule has 3 rings (SSSR count). The minimum atomic E-state index is -0.461. The van der Waals surface area contributed by atoms with Crippen LogP contribution in [0.1, 0.15) is 38.5 Å². The Balaban J connectivity index is 2.20. The van der Waals surface area contributed by atoms with Crippen molar-refractivity contribution in [3.63, 3.8) is 0 Å². The van der Waals surface area contributed by atoms with Gasteiger partial charge in [-0.1, -0.05) is 0 Å². The second kappa shape index (κ2) is 2.22. The fourth-order valence-corrected chi connectivity index (χ4v) is 2.54. The third-order valence-corrected chi connectivity index (χ3v) is 3.73. The Hall–Kier alpha value is -0.570. The van der Waals surface area contributed by atoms with Gasteiger partial charge in [-0.15, -0.1) is 0 Å². The molecule has 0 atom stereocenters. The Morgan fingerprint density at radius 3 is 1.83 bits per heavy atom. The summed E-state index contributed by atoms with van der Waals surface area (Å²) in [7, 11) is 0. The number of carbonyl (C=O) groups excluding carboxylic acids is 1. The minimum absolute atomic E-state index is 0.163. The molecule has 0 aliphatic heterocycles. The van der Waals surface area contributed by atoms with Gasteiger partial charge in [-0.2, -0.15) is 0 Å². The second-order valence-corrected chi connectivity index (χ2v) is 4.37. The molecule has 0 aromatic carbocycles. The number of fused-ring (bicyclic) bond motifs is 3. The lowest BCUT2D eigenvalue weighted by molar-refractivity contribution is -0.144. The zero-order chi connectivity index (χ0) is 8.82. The normalized spacial score (nSPS) is 46.1. The topological polar surface area (TPSA) is 63.3 Å². The summed E-state index contributed by atoms with van der Waals surface area (Å²) in [5, 5.41) is 9.86. The Kier molecular flexibility index (Phi) is 1.49. The maximum atomic E-state index is 11.2. The molecule has 68 valence electrons. The van der Waals surface area contributed by atoms with E-state index in [0.29, 0.717) is 0 Å². The van der Waals surface area contributed by atoms with Crippen molar-refractivity contribution in [1.29, 1.82) is 0 Å². The van der Waals surface area contributed by atoms with E-state index in [1.54, 1.807) is 0 Å². The van der Waals surface area contributed by atoms with Gasteiger partial charge < -0.3 is 10.8 Å². The number of hydrogen-bond acceptors (Lipinski definition) is 2. The molecular formula is C9H15NO2. The molecule has 0 unspecified atom stereocenters. The highest BCUT2D eigenvalue weighted by atomic mass is 16.3. The summed E-state index contributed by atoms with van der Waals surface area (Å²) in [6.45, 7) is 0. The molecule has 3 nitrogen and oxygen atoms in total. The van der Waals surface area contributed by atoms with E-state index in [0.717, 1.165) is 38.5 Å². The van der Waals surface area contributed by atoms with Gasteiger partial charge in [0.1, 0.15) is 0 Å². The van der Waals surface area contributed by atoms with Gasteiger partial charge in [-0.05, 0) is 38.5 Å². The van der Waals surface area contributed by atoms with Crippen LogP contribution >= 0.6 is 0 Å². The van der Waals surface area contributed by atoms with E-state index in [1.165, 1.54) is 0 Å². The number of carbonyl (C=O) groups is 1. The molecule has 0 saturated heterocycles. The van der Waals surface area contributed by atoms with Crippen LogP contribution in [0.2, 0.25) is 0 Å².